The van der Waals surface area contributed by atoms with Crippen LogP contribution >= 0.6 is 0 Å². The molecule has 1 saturated heterocycles. The summed E-state index contributed by atoms with van der Waals surface area (Å²) in [6.07, 6.45) is 4.44. The highest BCUT2D eigenvalue weighted by Crippen LogP contribution is 2.42. The molecule has 0 aliphatic carbocycles. The van der Waals surface area contributed by atoms with Gasteiger partial charge in [0.05, 0.1) is 41.5 Å². The van der Waals surface area contributed by atoms with Crippen LogP contribution in [-0.4, -0.2) is 82.6 Å². The Bertz CT molecular complexity index is 1630. The van der Waals surface area contributed by atoms with Crippen molar-refractivity contribution >= 4 is 17.8 Å². The second-order valence-electron chi connectivity index (χ2n) is 12.6. The maximum atomic E-state index is 14.5. The van der Waals surface area contributed by atoms with Gasteiger partial charge >= 0.3 is 11.9 Å². The number of carbonyl (C=O) groups excluding carboxylic acids is 2. The molecule has 282 valence electrons. The van der Waals surface area contributed by atoms with E-state index in [-0.39, 0.29) is 5.91 Å². The number of esters is 1. The van der Waals surface area contributed by atoms with Gasteiger partial charge in [0, 0.05) is 6.54 Å². The first-order chi connectivity index (χ1) is 25.2. The third kappa shape index (κ3) is 10.0. The molecule has 12 heteroatoms. The van der Waals surface area contributed by atoms with E-state index < -0.39 is 36.6 Å². The van der Waals surface area contributed by atoms with E-state index >= 15 is 0 Å². The van der Waals surface area contributed by atoms with Crippen molar-refractivity contribution in [2.45, 2.75) is 76.4 Å². The number of amides is 1. The second-order valence-corrected chi connectivity index (χ2v) is 12.6. The Morgan fingerprint density at radius 3 is 2.15 bits per heavy atom. The Kier molecular flexibility index (Phi) is 14.8. The minimum atomic E-state index is -1.10. The van der Waals surface area contributed by atoms with Gasteiger partial charge in [-0.1, -0.05) is 38.0 Å². The number of hydrogen-bond donors (Lipinski definition) is 1. The van der Waals surface area contributed by atoms with E-state index in [1.165, 1.54) is 21.3 Å². The predicted octanol–water partition coefficient (Wildman–Crippen LogP) is 6.77. The molecule has 1 amide bonds. The average Bonchev–Trinajstić information content (AvgIpc) is 3.17. The lowest BCUT2D eigenvalue weighted by atomic mass is 9.89. The lowest BCUT2D eigenvalue weighted by Gasteiger charge is -2.37. The molecule has 1 fully saturated rings. The number of unbranched alkanes of at least 4 members (excludes halogenated alkanes) is 1. The Morgan fingerprint density at radius 2 is 1.52 bits per heavy atom. The van der Waals surface area contributed by atoms with Gasteiger partial charge in [0.2, 0.25) is 11.7 Å². The summed E-state index contributed by atoms with van der Waals surface area (Å²) in [5.41, 5.74) is 2.30. The van der Waals surface area contributed by atoms with Crippen LogP contribution in [0.5, 0.6) is 34.5 Å². The fourth-order valence-electron chi connectivity index (χ4n) is 6.58. The summed E-state index contributed by atoms with van der Waals surface area (Å²) in [7, 11) is 7.75. The summed E-state index contributed by atoms with van der Waals surface area (Å²) in [5, 5.41) is 9.15. The standard InChI is InChI=1S/C40H51NO11/c1-7-8-14-30(28-23-35(48-4)38(50-6)36(24-28)49-5)39(44)41-20-10-9-15-31(41)40(45)52-32(27-12-11-13-29(22-27)51-25-37(42)43)18-16-26-17-19-33(46-2)34(21-26)47-3/h11-13,17,19,21-24,30-32H,7-10,14-16,18,20,25H2,1-6H3,(H,42,43)/t30?,31-,32+/m0/s1. The third-order valence-electron chi connectivity index (χ3n) is 9.29. The first kappa shape index (κ1) is 39.7. The molecule has 0 aromatic heterocycles. The Hall–Kier alpha value is -5.13. The summed E-state index contributed by atoms with van der Waals surface area (Å²) < 4.78 is 39.4. The Morgan fingerprint density at radius 1 is 0.808 bits per heavy atom. The summed E-state index contributed by atoms with van der Waals surface area (Å²) in [6, 6.07) is 15.3. The average molecular weight is 722 g/mol. The van der Waals surface area contributed by atoms with E-state index in [4.69, 9.17) is 38.3 Å². The number of rotatable bonds is 19. The highest BCUT2D eigenvalue weighted by Gasteiger charge is 2.38. The third-order valence-corrected chi connectivity index (χ3v) is 9.29. The molecule has 4 rings (SSSR count). The number of benzene rings is 3. The summed E-state index contributed by atoms with van der Waals surface area (Å²) in [5.74, 6) is 0.551. The Labute approximate surface area is 305 Å². The quantitative estimate of drug-likeness (QED) is 0.131. The van der Waals surface area contributed by atoms with Crippen molar-refractivity contribution in [1.29, 1.82) is 0 Å². The molecule has 12 nitrogen and oxygen atoms in total. The number of hydrogen-bond acceptors (Lipinski definition) is 10. The monoisotopic (exact) mass is 721 g/mol. The van der Waals surface area contributed by atoms with Crippen LogP contribution in [-0.2, 0) is 25.5 Å². The minimum absolute atomic E-state index is 0.157. The zero-order chi connectivity index (χ0) is 37.6. The second kappa shape index (κ2) is 19.5. The number of nitrogens with zero attached hydrogens (tertiary/aromatic N) is 1. The number of aryl methyl sites for hydroxylation is 1. The summed E-state index contributed by atoms with van der Waals surface area (Å²) >= 11 is 0. The molecular formula is C40H51NO11. The fraction of sp³-hybridized carbons (Fsp3) is 0.475. The van der Waals surface area contributed by atoms with E-state index in [9.17, 15) is 14.4 Å². The van der Waals surface area contributed by atoms with Crippen molar-refractivity contribution in [2.75, 3.05) is 48.7 Å². The van der Waals surface area contributed by atoms with Crippen molar-refractivity contribution in [1.82, 2.24) is 4.90 Å². The first-order valence-electron chi connectivity index (χ1n) is 17.6. The van der Waals surface area contributed by atoms with Crippen molar-refractivity contribution in [3.05, 3.63) is 71.3 Å². The van der Waals surface area contributed by atoms with Gasteiger partial charge in [-0.2, -0.15) is 0 Å². The molecule has 1 aliphatic rings. The first-order valence-corrected chi connectivity index (χ1v) is 17.6. The number of carboxylic acids is 1. The van der Waals surface area contributed by atoms with Crippen LogP contribution in [0.15, 0.2) is 54.6 Å². The van der Waals surface area contributed by atoms with Crippen molar-refractivity contribution in [2.24, 2.45) is 0 Å². The van der Waals surface area contributed by atoms with Gasteiger partial charge in [-0.25, -0.2) is 9.59 Å². The molecule has 3 aromatic rings. The molecular weight excluding hydrogens is 670 g/mol. The molecule has 3 atom stereocenters. The largest absolute Gasteiger partial charge is 0.493 e. The topological polar surface area (TPSA) is 139 Å². The molecule has 1 N–H and O–H groups in total. The van der Waals surface area contributed by atoms with Crippen LogP contribution in [0.2, 0.25) is 0 Å². The molecule has 1 aliphatic heterocycles. The van der Waals surface area contributed by atoms with Gasteiger partial charge in [0.15, 0.2) is 29.6 Å². The van der Waals surface area contributed by atoms with Gasteiger partial charge < -0.3 is 43.2 Å². The molecule has 52 heavy (non-hydrogen) atoms. The van der Waals surface area contributed by atoms with E-state index in [2.05, 4.69) is 6.92 Å². The fourth-order valence-corrected chi connectivity index (χ4v) is 6.58. The molecule has 0 spiro atoms. The van der Waals surface area contributed by atoms with Crippen molar-refractivity contribution in [3.8, 4) is 34.5 Å². The van der Waals surface area contributed by atoms with Crippen molar-refractivity contribution in [3.63, 3.8) is 0 Å². The SMILES string of the molecule is CCCCC(C(=O)N1CCCC[C@H]1C(=O)O[C@H](CCc1ccc(OC)c(OC)c1)c1cccc(OCC(=O)O)c1)c1cc(OC)c(OC)c(OC)c1. The van der Waals surface area contributed by atoms with Crippen LogP contribution in [0, 0.1) is 0 Å². The minimum Gasteiger partial charge on any atom is -0.493 e. The van der Waals surface area contributed by atoms with E-state index in [1.54, 1.807) is 49.5 Å². The lowest BCUT2D eigenvalue weighted by molar-refractivity contribution is -0.162. The maximum absolute atomic E-state index is 14.5. The molecule has 1 heterocycles. The van der Waals surface area contributed by atoms with Crippen LogP contribution in [0.3, 0.4) is 0 Å². The number of ether oxygens (including phenoxy) is 7. The molecule has 1 unspecified atom stereocenters. The van der Waals surface area contributed by atoms with E-state index in [0.717, 1.165) is 36.8 Å². The predicted molar refractivity (Wildman–Crippen MR) is 194 cm³/mol. The van der Waals surface area contributed by atoms with Crippen LogP contribution in [0.1, 0.15) is 80.6 Å². The van der Waals surface area contributed by atoms with Gasteiger partial charge in [-0.3, -0.25) is 4.79 Å². The number of aliphatic carboxylic acids is 1. The normalized spacial score (nSPS) is 15.2. The molecule has 0 saturated carbocycles. The summed E-state index contributed by atoms with van der Waals surface area (Å²) in [4.78, 5) is 41.6. The van der Waals surface area contributed by atoms with Gasteiger partial charge in [0.25, 0.3) is 0 Å². The number of likely N-dealkylation sites (tertiary alicyclic amines) is 1. The number of carboxylic acid groups (broad SMARTS) is 1. The molecule has 3 aromatic carbocycles. The van der Waals surface area contributed by atoms with E-state index in [0.29, 0.717) is 72.3 Å². The van der Waals surface area contributed by atoms with Gasteiger partial charge in [0.1, 0.15) is 17.9 Å². The molecule has 0 bridgehead atoms. The molecule has 0 radical (unpaired) electrons. The highest BCUT2D eigenvalue weighted by atomic mass is 16.5. The zero-order valence-corrected chi connectivity index (χ0v) is 31.0. The van der Waals surface area contributed by atoms with Crippen LogP contribution in [0.25, 0.3) is 0 Å². The zero-order valence-electron chi connectivity index (χ0n) is 31.0. The smallest absolute Gasteiger partial charge is 0.341 e. The number of carbonyl (C=O) groups is 3. The van der Waals surface area contributed by atoms with Gasteiger partial charge in [-0.05, 0) is 91.6 Å². The number of methoxy groups -OCH3 is 5. The highest BCUT2D eigenvalue weighted by molar-refractivity contribution is 5.89. The summed E-state index contributed by atoms with van der Waals surface area (Å²) in [6.45, 7) is 1.98. The number of piperidine rings is 1. The van der Waals surface area contributed by atoms with Crippen molar-refractivity contribution < 1.29 is 52.6 Å². The maximum Gasteiger partial charge on any atom is 0.341 e. The van der Waals surface area contributed by atoms with Gasteiger partial charge in [-0.15, -0.1) is 0 Å². The Balaban J connectivity index is 1.64. The van der Waals surface area contributed by atoms with E-state index in [1.807, 2.05) is 24.3 Å². The van der Waals surface area contributed by atoms with Crippen LogP contribution < -0.4 is 28.4 Å². The lowest BCUT2D eigenvalue weighted by Crippen LogP contribution is -2.50. The van der Waals surface area contributed by atoms with Crippen LogP contribution in [0.4, 0.5) is 0 Å².